The van der Waals surface area contributed by atoms with Gasteiger partial charge in [-0.05, 0) is 49.6 Å². The van der Waals surface area contributed by atoms with Gasteiger partial charge in [-0.3, -0.25) is 9.69 Å². The summed E-state index contributed by atoms with van der Waals surface area (Å²) in [6.45, 7) is 13.3. The number of carbonyl (C=O) groups is 1. The molecule has 256 valence electrons. The number of alkyl halides is 1. The number of benzene rings is 2. The molecule has 5 heterocycles. The molecule has 0 aliphatic carbocycles. The van der Waals surface area contributed by atoms with Crippen molar-refractivity contribution in [2.24, 2.45) is 0 Å². The van der Waals surface area contributed by atoms with Gasteiger partial charge in [-0.25, -0.2) is 18.0 Å². The molecule has 4 aromatic rings. The number of anilines is 2. The first-order valence-corrected chi connectivity index (χ1v) is 17.0. The molecule has 3 aliphatic rings. The van der Waals surface area contributed by atoms with Crippen LogP contribution in [0.2, 0.25) is 0 Å². The van der Waals surface area contributed by atoms with E-state index in [0.717, 1.165) is 30.7 Å². The van der Waals surface area contributed by atoms with E-state index >= 15 is 4.39 Å². The van der Waals surface area contributed by atoms with E-state index in [1.807, 2.05) is 11.9 Å². The maximum absolute atomic E-state index is 16.9. The molecule has 10 nitrogen and oxygen atoms in total. The molecule has 0 radical (unpaired) electrons. The van der Waals surface area contributed by atoms with Gasteiger partial charge in [-0.2, -0.15) is 9.97 Å². The minimum Gasteiger partial charge on any atom is -0.461 e. The van der Waals surface area contributed by atoms with Crippen molar-refractivity contribution in [3.63, 3.8) is 0 Å². The van der Waals surface area contributed by atoms with Gasteiger partial charge in [-0.1, -0.05) is 18.7 Å². The van der Waals surface area contributed by atoms with Crippen LogP contribution in [0.5, 0.6) is 6.01 Å². The van der Waals surface area contributed by atoms with Crippen molar-refractivity contribution in [2.45, 2.75) is 49.5 Å². The van der Waals surface area contributed by atoms with Gasteiger partial charge < -0.3 is 25.0 Å². The zero-order valence-corrected chi connectivity index (χ0v) is 28.0. The fourth-order valence-electron chi connectivity index (χ4n) is 8.03. The predicted molar refractivity (Wildman–Crippen MR) is 184 cm³/mol. The van der Waals surface area contributed by atoms with Crippen molar-refractivity contribution in [1.82, 2.24) is 19.8 Å². The summed E-state index contributed by atoms with van der Waals surface area (Å²) in [6, 6.07) is 5.27. The summed E-state index contributed by atoms with van der Waals surface area (Å²) in [5.74, 6) is -1.10. The number of nitrogens with zero attached hydrogens (tertiary/aromatic N) is 6. The molecule has 0 saturated carbocycles. The van der Waals surface area contributed by atoms with Crippen molar-refractivity contribution in [3.05, 3.63) is 60.0 Å². The Morgan fingerprint density at radius 2 is 2.06 bits per heavy atom. The molecule has 0 bridgehead atoms. The van der Waals surface area contributed by atoms with Gasteiger partial charge in [0, 0.05) is 50.0 Å². The summed E-state index contributed by atoms with van der Waals surface area (Å²) in [7, 11) is 3.40. The zero-order valence-electron chi connectivity index (χ0n) is 27.2. The molecule has 4 unspecified atom stereocenters. The molecule has 49 heavy (non-hydrogen) atoms. The van der Waals surface area contributed by atoms with Crippen LogP contribution in [0.4, 0.5) is 29.7 Å². The number of aromatic nitrogens is 2. The highest BCUT2D eigenvalue weighted by Gasteiger charge is 2.49. The Balaban J connectivity index is 1.36. The van der Waals surface area contributed by atoms with E-state index in [0.29, 0.717) is 42.7 Å². The van der Waals surface area contributed by atoms with Crippen molar-refractivity contribution >= 4 is 54.7 Å². The van der Waals surface area contributed by atoms with Crippen LogP contribution in [-0.4, -0.2) is 96.5 Å². The van der Waals surface area contributed by atoms with E-state index in [1.165, 1.54) is 18.2 Å². The summed E-state index contributed by atoms with van der Waals surface area (Å²) < 4.78 is 58.3. The van der Waals surface area contributed by atoms with E-state index in [9.17, 15) is 13.6 Å². The number of nitrogen functional groups attached to an aromatic ring is 1. The lowest BCUT2D eigenvalue weighted by atomic mass is 9.95. The van der Waals surface area contributed by atoms with Gasteiger partial charge >= 0.3 is 6.01 Å². The minimum absolute atomic E-state index is 0.0368. The molecule has 0 spiro atoms. The number of methoxy groups -OCH3 is 1. The number of halogens is 3. The third kappa shape index (κ3) is 5.44. The minimum atomic E-state index is -0.955. The van der Waals surface area contributed by atoms with E-state index in [4.69, 9.17) is 26.8 Å². The number of hydrogen-bond acceptors (Lipinski definition) is 9. The highest BCUT2D eigenvalue weighted by atomic mass is 32.1. The Bertz CT molecular complexity index is 2020. The van der Waals surface area contributed by atoms with Crippen molar-refractivity contribution in [1.29, 1.82) is 0 Å². The quantitative estimate of drug-likeness (QED) is 0.166. The first-order valence-electron chi connectivity index (χ1n) is 16.2. The number of nitrogens with two attached hydrogens (primary N) is 1. The number of hydrogen-bond donors (Lipinski definition) is 1. The third-order valence-corrected chi connectivity index (χ3v) is 11.3. The topological polar surface area (TPSA) is 101 Å². The second-order valence-corrected chi connectivity index (χ2v) is 14.0. The van der Waals surface area contributed by atoms with Crippen LogP contribution in [0.15, 0.2) is 36.9 Å². The van der Waals surface area contributed by atoms with E-state index < -0.39 is 23.3 Å². The number of carbonyl (C=O) groups excluding carboxylic acids is 1. The molecular formula is C35H36F3N7O3S. The summed E-state index contributed by atoms with van der Waals surface area (Å²) in [5, 5.41) is 0.773. The zero-order chi connectivity index (χ0) is 34.6. The maximum Gasteiger partial charge on any atom is 0.319 e. The van der Waals surface area contributed by atoms with Crippen molar-refractivity contribution < 1.29 is 27.4 Å². The van der Waals surface area contributed by atoms with Gasteiger partial charge in [0.15, 0.2) is 5.82 Å². The van der Waals surface area contributed by atoms with Crippen LogP contribution in [0.25, 0.3) is 37.0 Å². The molecule has 1 amide bonds. The molecule has 2 N–H and O–H groups in total. The van der Waals surface area contributed by atoms with E-state index in [1.54, 1.807) is 24.1 Å². The SMILES string of the molecule is [C-]#[N+]c1c(N)sc2c(F)ccc(-c3ccc4c(N(C)C5CCN(C(=O)C=C)C5COC)nc(OCC56CCCN5CC(F)C6)nc4c3F)c12. The van der Waals surface area contributed by atoms with Gasteiger partial charge in [0.2, 0.25) is 11.6 Å². The number of likely N-dealkylation sites (N-methyl/N-ethyl adjacent to an activating group) is 1. The number of likely N-dealkylation sites (tertiary alicyclic amines) is 1. The van der Waals surface area contributed by atoms with Gasteiger partial charge in [0.1, 0.15) is 29.9 Å². The van der Waals surface area contributed by atoms with E-state index in [-0.39, 0.29) is 69.1 Å². The van der Waals surface area contributed by atoms with Gasteiger partial charge in [0.05, 0.1) is 40.5 Å². The average Bonchev–Trinajstić information content (AvgIpc) is 3.85. The second kappa shape index (κ2) is 12.8. The van der Waals surface area contributed by atoms with Crippen molar-refractivity contribution in [2.75, 3.05) is 57.6 Å². The van der Waals surface area contributed by atoms with E-state index in [2.05, 4.69) is 21.3 Å². The summed E-state index contributed by atoms with van der Waals surface area (Å²) in [6.07, 6.45) is 2.95. The number of rotatable bonds is 9. The lowest BCUT2D eigenvalue weighted by Crippen LogP contribution is -2.48. The van der Waals surface area contributed by atoms with Crippen LogP contribution in [0.1, 0.15) is 25.7 Å². The molecule has 7 rings (SSSR count). The Hall–Kier alpha value is -4.45. The molecule has 2 aromatic heterocycles. The van der Waals surface area contributed by atoms with Crippen LogP contribution >= 0.6 is 11.3 Å². The average molecular weight is 692 g/mol. The highest BCUT2D eigenvalue weighted by molar-refractivity contribution is 7.23. The second-order valence-electron chi connectivity index (χ2n) is 13.0. The number of ether oxygens (including phenoxy) is 2. The van der Waals surface area contributed by atoms with Crippen LogP contribution < -0.4 is 15.4 Å². The standard InChI is InChI=1S/C35H36F3N7O3S/c1-5-26(46)45-14-11-24(25(45)17-47-4)43(3)33-22-8-7-21(20-9-10-23(37)31-27(20)30(40-2)32(39)49-31)28(38)29(22)41-34(42-33)48-18-35-12-6-13-44(35)16-19(36)15-35/h5,7-10,19,24-25H,1,6,11-18,39H2,3-4H3. The first-order chi connectivity index (χ1) is 23.6. The fraction of sp³-hybridized carbons (Fsp3) is 0.429. The Morgan fingerprint density at radius 1 is 1.27 bits per heavy atom. The Kier molecular flexibility index (Phi) is 8.62. The molecular weight excluding hydrogens is 655 g/mol. The van der Waals surface area contributed by atoms with Crippen molar-refractivity contribution in [3.8, 4) is 17.1 Å². The molecule has 4 atom stereocenters. The molecule has 14 heteroatoms. The highest BCUT2D eigenvalue weighted by Crippen LogP contribution is 2.48. The molecule has 3 saturated heterocycles. The van der Waals surface area contributed by atoms with Gasteiger partial charge in [-0.15, -0.1) is 11.3 Å². The van der Waals surface area contributed by atoms with Crippen LogP contribution in [0.3, 0.4) is 0 Å². The van der Waals surface area contributed by atoms with Crippen LogP contribution in [0, 0.1) is 18.2 Å². The third-order valence-electron chi connectivity index (χ3n) is 10.3. The number of thiophene rings is 1. The summed E-state index contributed by atoms with van der Waals surface area (Å²) in [5.41, 5.74) is 6.03. The predicted octanol–water partition coefficient (Wildman–Crippen LogP) is 6.12. The largest absolute Gasteiger partial charge is 0.461 e. The lowest BCUT2D eigenvalue weighted by Gasteiger charge is -2.34. The maximum atomic E-state index is 16.9. The Morgan fingerprint density at radius 3 is 2.82 bits per heavy atom. The molecule has 3 fully saturated rings. The Labute approximate surface area is 285 Å². The molecule has 2 aromatic carbocycles. The number of fused-ring (bicyclic) bond motifs is 3. The summed E-state index contributed by atoms with van der Waals surface area (Å²) in [4.78, 5) is 31.4. The monoisotopic (exact) mass is 691 g/mol. The summed E-state index contributed by atoms with van der Waals surface area (Å²) >= 11 is 0.944. The molecule has 3 aliphatic heterocycles. The fourth-order valence-corrected chi connectivity index (χ4v) is 8.97. The lowest BCUT2D eigenvalue weighted by molar-refractivity contribution is -0.127. The van der Waals surface area contributed by atoms with Gasteiger partial charge in [0.25, 0.3) is 0 Å². The normalized spacial score (nSPS) is 23.7. The smallest absolute Gasteiger partial charge is 0.319 e. The number of amides is 1. The van der Waals surface area contributed by atoms with Crippen LogP contribution in [-0.2, 0) is 9.53 Å². The first kappa shape index (κ1) is 33.1.